The zero-order valence-corrected chi connectivity index (χ0v) is 65.3. The molecule has 107 heavy (non-hydrogen) atoms. The van der Waals surface area contributed by atoms with Crippen LogP contribution >= 0.6 is 0 Å². The summed E-state index contributed by atoms with van der Waals surface area (Å²) in [6.07, 6.45) is 70.8. The van der Waals surface area contributed by atoms with Gasteiger partial charge in [-0.15, -0.1) is 0 Å². The molecular formula is C88H145NO18. The van der Waals surface area contributed by atoms with Gasteiger partial charge in [-0.05, 0) is 122 Å². The van der Waals surface area contributed by atoms with Crippen molar-refractivity contribution in [2.45, 2.75) is 362 Å². The molecule has 0 aromatic heterocycles. The molecule has 12 N–H and O–H groups in total. The Morgan fingerprint density at radius 2 is 0.654 bits per heavy atom. The minimum Gasteiger partial charge on any atom is -0.394 e. The predicted molar refractivity (Wildman–Crippen MR) is 429 cm³/mol. The highest BCUT2D eigenvalue weighted by Gasteiger charge is 2.54. The van der Waals surface area contributed by atoms with Crippen molar-refractivity contribution in [3.05, 3.63) is 158 Å². The van der Waals surface area contributed by atoms with Crippen molar-refractivity contribution < 1.29 is 89.4 Å². The number of carbonyl (C=O) groups is 1. The van der Waals surface area contributed by atoms with E-state index in [9.17, 15) is 61.0 Å². The number of rotatable bonds is 63. The Labute approximate surface area is 644 Å². The highest BCUT2D eigenvalue weighted by atomic mass is 16.8. The van der Waals surface area contributed by atoms with Gasteiger partial charge in [-0.1, -0.05) is 287 Å². The lowest BCUT2D eigenvalue weighted by atomic mass is 9.96. The third kappa shape index (κ3) is 45.5. The summed E-state index contributed by atoms with van der Waals surface area (Å²) in [4.78, 5) is 13.5. The molecule has 19 heteroatoms. The van der Waals surface area contributed by atoms with Crippen LogP contribution in [0.2, 0.25) is 0 Å². The zero-order valence-electron chi connectivity index (χ0n) is 65.3. The molecule has 0 aliphatic carbocycles. The van der Waals surface area contributed by atoms with Crippen molar-refractivity contribution in [3.8, 4) is 0 Å². The molecule has 1 amide bonds. The first kappa shape index (κ1) is 96.6. The first-order valence-corrected chi connectivity index (χ1v) is 41.2. The molecule has 3 heterocycles. The fourth-order valence-corrected chi connectivity index (χ4v) is 12.7. The summed E-state index contributed by atoms with van der Waals surface area (Å²) >= 11 is 0. The monoisotopic (exact) mass is 1500 g/mol. The van der Waals surface area contributed by atoms with E-state index in [1.54, 1.807) is 6.08 Å². The topological polar surface area (TPSA) is 307 Å². The van der Waals surface area contributed by atoms with Gasteiger partial charge in [0.2, 0.25) is 5.91 Å². The second-order valence-corrected chi connectivity index (χ2v) is 28.5. The first-order chi connectivity index (χ1) is 52.3. The Balaban J connectivity index is 1.38. The third-order valence-corrected chi connectivity index (χ3v) is 19.3. The van der Waals surface area contributed by atoms with Crippen LogP contribution in [0.3, 0.4) is 0 Å². The summed E-state index contributed by atoms with van der Waals surface area (Å²) < 4.78 is 34.4. The van der Waals surface area contributed by atoms with Crippen LogP contribution in [0, 0.1) is 0 Å². The van der Waals surface area contributed by atoms with Crippen LogP contribution in [-0.4, -0.2) is 193 Å². The van der Waals surface area contributed by atoms with Gasteiger partial charge in [0.05, 0.1) is 38.6 Å². The van der Waals surface area contributed by atoms with Gasteiger partial charge in [-0.3, -0.25) is 4.79 Å². The maximum absolute atomic E-state index is 13.5. The van der Waals surface area contributed by atoms with Crippen LogP contribution in [0.1, 0.15) is 258 Å². The lowest BCUT2D eigenvalue weighted by Crippen LogP contribution is -2.66. The maximum atomic E-state index is 13.5. The molecule has 0 bridgehead atoms. The van der Waals surface area contributed by atoms with Crippen LogP contribution in [0.25, 0.3) is 0 Å². The predicted octanol–water partition coefficient (Wildman–Crippen LogP) is 14.4. The van der Waals surface area contributed by atoms with Crippen LogP contribution in [0.5, 0.6) is 0 Å². The fraction of sp³-hybridized carbons (Fsp3) is 0.693. The molecule has 3 aliphatic rings. The number of unbranched alkanes of at least 4 members (excludes halogenated alkanes) is 23. The van der Waals surface area contributed by atoms with Crippen LogP contribution in [-0.2, 0) is 33.2 Å². The number of hydrogen-bond acceptors (Lipinski definition) is 18. The van der Waals surface area contributed by atoms with Crippen molar-refractivity contribution >= 4 is 5.91 Å². The van der Waals surface area contributed by atoms with Gasteiger partial charge in [0, 0.05) is 6.42 Å². The van der Waals surface area contributed by atoms with E-state index < -0.39 is 124 Å². The molecule has 0 aromatic rings. The van der Waals surface area contributed by atoms with E-state index >= 15 is 0 Å². The Kier molecular flexibility index (Phi) is 59.6. The molecular weight excluding hydrogens is 1360 g/mol. The Hall–Kier alpha value is -4.59. The van der Waals surface area contributed by atoms with Gasteiger partial charge < -0.3 is 89.9 Å². The van der Waals surface area contributed by atoms with Crippen LogP contribution in [0.4, 0.5) is 0 Å². The van der Waals surface area contributed by atoms with Crippen molar-refractivity contribution in [1.29, 1.82) is 0 Å². The van der Waals surface area contributed by atoms with Gasteiger partial charge in [0.25, 0.3) is 0 Å². The van der Waals surface area contributed by atoms with Crippen molar-refractivity contribution in [2.75, 3.05) is 26.4 Å². The summed E-state index contributed by atoms with van der Waals surface area (Å²) in [5.41, 5.74) is 0. The maximum Gasteiger partial charge on any atom is 0.220 e. The standard InChI is InChI=1S/C88H145NO18/c1-3-5-7-9-11-13-15-17-19-21-23-25-27-28-29-30-31-32-33-34-35-36-37-38-39-40-41-42-44-46-48-50-52-54-56-58-60-62-64-66-76(94)89-71(72(93)65-63-61-59-57-55-53-51-49-47-45-43-26-24-22-20-18-16-14-12-10-8-6-4-2)70-102-86-82(100)79(97)84(74(68-91)104-86)107-88-83(101)80(98)85(75(69-92)105-88)106-87-81(99)78(96)77(95)73(67-90)103-87/h5,7,11,13,17,19,23,25,28-29,31-32,34-35,37-38,40-41,44,46-47,49,55,57,63,65,71-75,77-88,90-93,95-101H,3-4,6,8-10,12,14-16,18,20-22,24,26-27,30,33,36,39,42-43,45,48,50-54,56,58-62,64,66-70H2,1-2H3,(H,89,94)/b7-5-,13-11-,19-17-,25-23-,29-28-,32-31-,35-34-,38-37-,41-40-,46-44-,49-47+,57-55+,65-63+. The van der Waals surface area contributed by atoms with Crippen LogP contribution < -0.4 is 5.32 Å². The molecule has 19 nitrogen and oxygen atoms in total. The lowest BCUT2D eigenvalue weighted by Gasteiger charge is -2.48. The molecule has 610 valence electrons. The third-order valence-electron chi connectivity index (χ3n) is 19.3. The summed E-state index contributed by atoms with van der Waals surface area (Å²) in [6, 6.07) is -1.01. The molecule has 0 saturated carbocycles. The summed E-state index contributed by atoms with van der Waals surface area (Å²) in [6.45, 7) is 1.59. The SMILES string of the molecule is CC/C=C\C/C=C\C/C=C\C/C=C\C/C=C\C/C=C\C/C=C\C/C=C\C/C=C\C/C=C\CCCCCCCCCCC(=O)NC(COC1OC(CO)C(OC2OC(CO)C(OC3OC(CO)C(O)C(O)C3O)C(O)C2O)C(O)C1O)C(O)/C=C/CC/C=C/CC/C=C/CCCCCCCCCCCCCCC. The lowest BCUT2D eigenvalue weighted by molar-refractivity contribution is -0.379. The molecule has 3 rings (SSSR count). The number of hydrogen-bond donors (Lipinski definition) is 12. The Morgan fingerprint density at radius 1 is 0.346 bits per heavy atom. The molecule has 17 unspecified atom stereocenters. The molecule has 0 spiro atoms. The summed E-state index contributed by atoms with van der Waals surface area (Å²) in [5, 5.41) is 121. The fourth-order valence-electron chi connectivity index (χ4n) is 12.7. The van der Waals surface area contributed by atoms with E-state index in [1.807, 2.05) is 6.08 Å². The van der Waals surface area contributed by atoms with Gasteiger partial charge in [-0.2, -0.15) is 0 Å². The second kappa shape index (κ2) is 66.1. The van der Waals surface area contributed by atoms with Gasteiger partial charge >= 0.3 is 0 Å². The van der Waals surface area contributed by atoms with Crippen molar-refractivity contribution in [1.82, 2.24) is 5.32 Å². The number of aliphatic hydroxyl groups excluding tert-OH is 11. The molecule has 0 radical (unpaired) electrons. The van der Waals surface area contributed by atoms with Gasteiger partial charge in [0.1, 0.15) is 73.2 Å². The summed E-state index contributed by atoms with van der Waals surface area (Å²) in [7, 11) is 0. The van der Waals surface area contributed by atoms with Crippen LogP contribution in [0.15, 0.2) is 158 Å². The second-order valence-electron chi connectivity index (χ2n) is 28.5. The largest absolute Gasteiger partial charge is 0.394 e. The average molecular weight is 1510 g/mol. The molecule has 3 saturated heterocycles. The average Bonchev–Trinajstić information content (AvgIpc) is 0.781. The molecule has 0 aromatic carbocycles. The number of aliphatic hydroxyl groups is 11. The first-order valence-electron chi connectivity index (χ1n) is 41.2. The van der Waals surface area contributed by atoms with E-state index in [0.29, 0.717) is 12.8 Å². The number of ether oxygens (including phenoxy) is 6. The van der Waals surface area contributed by atoms with E-state index in [1.165, 1.54) is 89.9 Å². The summed E-state index contributed by atoms with van der Waals surface area (Å²) in [5.74, 6) is -0.304. The van der Waals surface area contributed by atoms with Crippen molar-refractivity contribution in [3.63, 3.8) is 0 Å². The molecule has 17 atom stereocenters. The van der Waals surface area contributed by atoms with E-state index in [0.717, 1.165) is 135 Å². The Bertz CT molecular complexity index is 2550. The number of nitrogens with one attached hydrogen (secondary N) is 1. The van der Waals surface area contributed by atoms with Gasteiger partial charge in [-0.25, -0.2) is 0 Å². The van der Waals surface area contributed by atoms with E-state index in [4.69, 9.17) is 28.4 Å². The van der Waals surface area contributed by atoms with E-state index in [-0.39, 0.29) is 18.9 Å². The van der Waals surface area contributed by atoms with Crippen molar-refractivity contribution in [2.24, 2.45) is 0 Å². The zero-order chi connectivity index (χ0) is 77.4. The minimum absolute atomic E-state index is 0.212. The molecule has 3 aliphatic heterocycles. The van der Waals surface area contributed by atoms with Gasteiger partial charge in [0.15, 0.2) is 18.9 Å². The smallest absolute Gasteiger partial charge is 0.220 e. The minimum atomic E-state index is -1.99. The normalized spacial score (nSPS) is 26.4. The Morgan fingerprint density at radius 3 is 1.05 bits per heavy atom. The highest BCUT2D eigenvalue weighted by molar-refractivity contribution is 5.76. The number of carbonyl (C=O) groups excluding carboxylic acids is 1. The highest BCUT2D eigenvalue weighted by Crippen LogP contribution is 2.33. The van der Waals surface area contributed by atoms with E-state index in [2.05, 4.69) is 165 Å². The molecule has 3 fully saturated rings. The number of amides is 1. The quantitative estimate of drug-likeness (QED) is 0.0199. The number of allylic oxidation sites excluding steroid dienone is 25.